The third-order valence-electron chi connectivity index (χ3n) is 1.67. The van der Waals surface area contributed by atoms with Gasteiger partial charge >= 0.3 is 0 Å². The maximum atomic E-state index is 12.5. The van der Waals surface area contributed by atoms with E-state index in [0.29, 0.717) is 5.69 Å². The molecule has 1 aromatic carbocycles. The van der Waals surface area contributed by atoms with Gasteiger partial charge in [0.1, 0.15) is 11.6 Å². The van der Waals surface area contributed by atoms with Crippen LogP contribution in [0.15, 0.2) is 46.0 Å². The van der Waals surface area contributed by atoms with Crippen molar-refractivity contribution < 1.29 is 14.3 Å². The van der Waals surface area contributed by atoms with Gasteiger partial charge in [-0.1, -0.05) is 0 Å². The van der Waals surface area contributed by atoms with Gasteiger partial charge in [0, 0.05) is 0 Å². The van der Waals surface area contributed by atoms with Crippen LogP contribution in [-0.4, -0.2) is 11.0 Å². The fourth-order valence-electron chi connectivity index (χ4n) is 0.915. The summed E-state index contributed by atoms with van der Waals surface area (Å²) in [6.45, 7) is 1.27. The van der Waals surface area contributed by atoms with Gasteiger partial charge in [-0.25, -0.2) is 4.39 Å². The number of hydrogen-bond donors (Lipinski definition) is 2. The molecule has 0 heterocycles. The number of amides is 1. The Morgan fingerprint density at radius 3 is 2.38 bits per heavy atom. The van der Waals surface area contributed by atoms with Gasteiger partial charge in [0.2, 0.25) is 0 Å². The number of aliphatic hydroxyl groups excluding tert-OH is 1. The highest BCUT2D eigenvalue weighted by Gasteiger charge is 2.07. The Kier molecular flexibility index (Phi) is 3.71. The fraction of sp³-hybridized carbons (Fsp3) is 0.100. The van der Waals surface area contributed by atoms with Crippen molar-refractivity contribution in [2.75, 3.05) is 0 Å². The predicted octanol–water partition coefficient (Wildman–Crippen LogP) is 2.18. The van der Waals surface area contributed by atoms with Crippen LogP contribution >= 0.6 is 0 Å². The SMILES string of the molecule is CC(O)=C(N=Nc1ccc(F)cc1)C(N)=O. The second-order valence-electron chi connectivity index (χ2n) is 2.97. The molecule has 0 atom stereocenters. The first-order chi connectivity index (χ1) is 7.50. The molecule has 1 aromatic rings. The Morgan fingerprint density at radius 1 is 1.38 bits per heavy atom. The smallest absolute Gasteiger partial charge is 0.272 e. The van der Waals surface area contributed by atoms with Gasteiger partial charge in [-0.05, 0) is 31.2 Å². The number of carbonyl (C=O) groups excluding carboxylic acids is 1. The van der Waals surface area contributed by atoms with Gasteiger partial charge in [0.15, 0.2) is 5.70 Å². The molecule has 5 nitrogen and oxygen atoms in total. The molecule has 84 valence electrons. The van der Waals surface area contributed by atoms with Crippen molar-refractivity contribution in [3.8, 4) is 0 Å². The van der Waals surface area contributed by atoms with E-state index in [4.69, 9.17) is 10.8 Å². The molecular weight excluding hydrogens is 213 g/mol. The van der Waals surface area contributed by atoms with Crippen molar-refractivity contribution in [2.45, 2.75) is 6.92 Å². The summed E-state index contributed by atoms with van der Waals surface area (Å²) >= 11 is 0. The Morgan fingerprint density at radius 2 is 1.94 bits per heavy atom. The number of primary amides is 1. The van der Waals surface area contributed by atoms with Crippen molar-refractivity contribution >= 4 is 11.6 Å². The number of aliphatic hydroxyl groups is 1. The van der Waals surface area contributed by atoms with E-state index >= 15 is 0 Å². The number of nitrogens with two attached hydrogens (primary N) is 1. The molecule has 0 spiro atoms. The third-order valence-corrected chi connectivity index (χ3v) is 1.67. The van der Waals surface area contributed by atoms with Crippen LogP contribution in [0.1, 0.15) is 6.92 Å². The molecule has 0 saturated carbocycles. The Bertz CT molecular complexity index is 448. The van der Waals surface area contributed by atoms with E-state index in [1.54, 1.807) is 0 Å². The van der Waals surface area contributed by atoms with E-state index < -0.39 is 11.7 Å². The number of azo groups is 1. The average Bonchev–Trinajstić information content (AvgIpc) is 2.20. The summed E-state index contributed by atoms with van der Waals surface area (Å²) in [6.07, 6.45) is 0. The molecule has 0 aliphatic carbocycles. The van der Waals surface area contributed by atoms with Gasteiger partial charge in [-0.15, -0.1) is 5.11 Å². The number of hydrogen-bond acceptors (Lipinski definition) is 4. The maximum absolute atomic E-state index is 12.5. The number of halogens is 1. The summed E-state index contributed by atoms with van der Waals surface area (Å²) in [5.74, 6) is -1.60. The molecule has 0 aliphatic heterocycles. The minimum atomic E-state index is -0.883. The van der Waals surface area contributed by atoms with Gasteiger partial charge in [0.05, 0.1) is 5.69 Å². The van der Waals surface area contributed by atoms with E-state index in [0.717, 1.165) is 0 Å². The lowest BCUT2D eigenvalue weighted by molar-refractivity contribution is -0.114. The normalized spacial score (nSPS) is 12.6. The summed E-state index contributed by atoms with van der Waals surface area (Å²) in [4.78, 5) is 10.8. The Hall–Kier alpha value is -2.24. The van der Waals surface area contributed by atoms with Crippen LogP contribution in [0, 0.1) is 5.82 Å². The fourth-order valence-corrected chi connectivity index (χ4v) is 0.915. The van der Waals surface area contributed by atoms with Gasteiger partial charge in [0.25, 0.3) is 5.91 Å². The lowest BCUT2D eigenvalue weighted by Crippen LogP contribution is -2.13. The van der Waals surface area contributed by atoms with Gasteiger partial charge < -0.3 is 10.8 Å². The standard InChI is InChI=1S/C10H10FN3O2/c1-6(15)9(10(12)16)14-13-8-4-2-7(11)3-5-8/h2-5,15H,1H3,(H2,12,16). The highest BCUT2D eigenvalue weighted by atomic mass is 19.1. The lowest BCUT2D eigenvalue weighted by Gasteiger charge is -1.96. The molecule has 3 N–H and O–H groups in total. The van der Waals surface area contributed by atoms with E-state index in [9.17, 15) is 9.18 Å². The number of carbonyl (C=O) groups is 1. The molecular formula is C10H10FN3O2. The summed E-state index contributed by atoms with van der Waals surface area (Å²) in [5.41, 5.74) is 4.97. The first-order valence-electron chi connectivity index (χ1n) is 4.37. The van der Waals surface area contributed by atoms with E-state index in [1.165, 1.54) is 31.2 Å². The third kappa shape index (κ3) is 3.16. The van der Waals surface area contributed by atoms with E-state index in [1.807, 2.05) is 0 Å². The van der Waals surface area contributed by atoms with E-state index in [-0.39, 0.29) is 11.5 Å². The second kappa shape index (κ2) is 5.01. The van der Waals surface area contributed by atoms with Crippen molar-refractivity contribution in [1.29, 1.82) is 0 Å². The monoisotopic (exact) mass is 223 g/mol. The zero-order valence-corrected chi connectivity index (χ0v) is 8.51. The molecule has 1 amide bonds. The molecule has 1 rings (SSSR count). The van der Waals surface area contributed by atoms with Crippen LogP contribution in [0.5, 0.6) is 0 Å². The minimum absolute atomic E-state index is 0.321. The highest BCUT2D eigenvalue weighted by Crippen LogP contribution is 2.14. The summed E-state index contributed by atoms with van der Waals surface area (Å²) in [5, 5.41) is 16.2. The summed E-state index contributed by atoms with van der Waals surface area (Å²) in [6, 6.07) is 5.16. The topological polar surface area (TPSA) is 88.0 Å². The molecule has 0 bridgehead atoms. The van der Waals surface area contributed by atoms with Gasteiger partial charge in [-0.3, -0.25) is 4.79 Å². The zero-order valence-electron chi connectivity index (χ0n) is 8.51. The van der Waals surface area contributed by atoms with Crippen LogP contribution in [0.25, 0.3) is 0 Å². The lowest BCUT2D eigenvalue weighted by atomic mass is 10.3. The van der Waals surface area contributed by atoms with Crippen molar-refractivity contribution in [2.24, 2.45) is 16.0 Å². The second-order valence-corrected chi connectivity index (χ2v) is 2.97. The van der Waals surface area contributed by atoms with Crippen LogP contribution in [0.2, 0.25) is 0 Å². The van der Waals surface area contributed by atoms with Crippen LogP contribution in [0.3, 0.4) is 0 Å². The quantitative estimate of drug-likeness (QED) is 0.467. The first-order valence-corrected chi connectivity index (χ1v) is 4.37. The number of nitrogens with zero attached hydrogens (tertiary/aromatic N) is 2. The number of rotatable bonds is 3. The largest absolute Gasteiger partial charge is 0.510 e. The van der Waals surface area contributed by atoms with Crippen LogP contribution < -0.4 is 5.73 Å². The van der Waals surface area contributed by atoms with Crippen molar-refractivity contribution in [3.05, 3.63) is 41.5 Å². The summed E-state index contributed by atoms with van der Waals surface area (Å²) < 4.78 is 12.5. The molecule has 0 radical (unpaired) electrons. The maximum Gasteiger partial charge on any atom is 0.272 e. The number of benzene rings is 1. The van der Waals surface area contributed by atoms with Crippen LogP contribution in [-0.2, 0) is 4.79 Å². The Labute approximate surface area is 91.1 Å². The predicted molar refractivity (Wildman–Crippen MR) is 55.4 cm³/mol. The van der Waals surface area contributed by atoms with Crippen molar-refractivity contribution in [1.82, 2.24) is 0 Å². The molecule has 16 heavy (non-hydrogen) atoms. The first kappa shape index (κ1) is 11.8. The highest BCUT2D eigenvalue weighted by molar-refractivity contribution is 5.91. The van der Waals surface area contributed by atoms with Crippen LogP contribution in [0.4, 0.5) is 10.1 Å². The average molecular weight is 223 g/mol. The Balaban J connectivity index is 2.92. The van der Waals surface area contributed by atoms with E-state index in [2.05, 4.69) is 10.2 Å². The molecule has 0 unspecified atom stereocenters. The van der Waals surface area contributed by atoms with Gasteiger partial charge in [-0.2, -0.15) is 5.11 Å². The van der Waals surface area contributed by atoms with Crippen molar-refractivity contribution in [3.63, 3.8) is 0 Å². The number of allylic oxidation sites excluding steroid dienone is 1. The summed E-state index contributed by atoms with van der Waals surface area (Å²) in [7, 11) is 0. The minimum Gasteiger partial charge on any atom is -0.510 e. The molecule has 0 aromatic heterocycles. The molecule has 6 heteroatoms. The molecule has 0 saturated heterocycles. The molecule has 0 aliphatic rings. The molecule has 0 fully saturated rings. The zero-order chi connectivity index (χ0) is 12.1.